The quantitative estimate of drug-likeness (QED) is 0.795. The van der Waals surface area contributed by atoms with Crippen LogP contribution in [0.4, 0.5) is 5.95 Å². The van der Waals surface area contributed by atoms with E-state index in [9.17, 15) is 4.79 Å². The van der Waals surface area contributed by atoms with Crippen molar-refractivity contribution in [3.05, 3.63) is 29.6 Å². The van der Waals surface area contributed by atoms with Gasteiger partial charge in [0.2, 0.25) is 5.95 Å². The van der Waals surface area contributed by atoms with Crippen molar-refractivity contribution in [3.8, 4) is 11.4 Å². The van der Waals surface area contributed by atoms with Crippen molar-refractivity contribution in [1.29, 1.82) is 0 Å². The number of carbonyl (C=O) groups excluding carboxylic acids is 1. The summed E-state index contributed by atoms with van der Waals surface area (Å²) in [5, 5.41) is 6.22. The summed E-state index contributed by atoms with van der Waals surface area (Å²) in [4.78, 5) is 24.1. The van der Waals surface area contributed by atoms with Gasteiger partial charge >= 0.3 is 0 Å². The van der Waals surface area contributed by atoms with E-state index in [4.69, 9.17) is 4.74 Å². The SMILES string of the molecule is O=C1NCCc2[nH]c(-c3ccnc(NC4CCOCC4)n3)cc21. The zero-order valence-corrected chi connectivity index (χ0v) is 12.8. The number of anilines is 1. The van der Waals surface area contributed by atoms with Crippen LogP contribution in [0.25, 0.3) is 11.4 Å². The fraction of sp³-hybridized carbons (Fsp3) is 0.438. The van der Waals surface area contributed by atoms with E-state index >= 15 is 0 Å². The predicted molar refractivity (Wildman–Crippen MR) is 85.3 cm³/mol. The van der Waals surface area contributed by atoms with Crippen molar-refractivity contribution in [2.24, 2.45) is 0 Å². The molecule has 0 spiro atoms. The number of hydrogen-bond acceptors (Lipinski definition) is 5. The van der Waals surface area contributed by atoms with Crippen LogP contribution in [0.2, 0.25) is 0 Å². The second kappa shape index (κ2) is 6.00. The molecule has 4 rings (SSSR count). The number of rotatable bonds is 3. The highest BCUT2D eigenvalue weighted by atomic mass is 16.5. The lowest BCUT2D eigenvalue weighted by atomic mass is 10.1. The Hall–Kier alpha value is -2.41. The highest BCUT2D eigenvalue weighted by Crippen LogP contribution is 2.23. The Balaban J connectivity index is 1.57. The van der Waals surface area contributed by atoms with Gasteiger partial charge in [-0.05, 0) is 25.0 Å². The zero-order chi connectivity index (χ0) is 15.6. The third kappa shape index (κ3) is 2.92. The number of H-pyrrole nitrogens is 1. The van der Waals surface area contributed by atoms with E-state index < -0.39 is 0 Å². The van der Waals surface area contributed by atoms with Gasteiger partial charge < -0.3 is 20.4 Å². The molecule has 1 saturated heterocycles. The molecule has 0 aliphatic carbocycles. The Kier molecular flexibility index (Phi) is 3.70. The van der Waals surface area contributed by atoms with E-state index in [0.717, 1.165) is 49.6 Å². The Bertz CT molecular complexity index is 721. The van der Waals surface area contributed by atoms with Gasteiger partial charge in [0, 0.05) is 44.1 Å². The Labute approximate surface area is 133 Å². The summed E-state index contributed by atoms with van der Waals surface area (Å²) >= 11 is 0. The van der Waals surface area contributed by atoms with Crippen LogP contribution in [0, 0.1) is 0 Å². The van der Waals surface area contributed by atoms with Crippen LogP contribution in [0.5, 0.6) is 0 Å². The molecule has 0 bridgehead atoms. The number of hydrogen-bond donors (Lipinski definition) is 3. The molecule has 23 heavy (non-hydrogen) atoms. The van der Waals surface area contributed by atoms with Gasteiger partial charge in [-0.25, -0.2) is 9.97 Å². The fourth-order valence-electron chi connectivity index (χ4n) is 3.03. The molecule has 0 aromatic carbocycles. The van der Waals surface area contributed by atoms with Gasteiger partial charge in [-0.3, -0.25) is 4.79 Å². The van der Waals surface area contributed by atoms with E-state index in [-0.39, 0.29) is 5.91 Å². The molecule has 0 radical (unpaired) electrons. The van der Waals surface area contributed by atoms with Crippen LogP contribution in [0.3, 0.4) is 0 Å². The summed E-state index contributed by atoms with van der Waals surface area (Å²) in [5.74, 6) is 0.592. The summed E-state index contributed by atoms with van der Waals surface area (Å²) in [5.41, 5.74) is 3.33. The number of amides is 1. The third-order valence-electron chi connectivity index (χ3n) is 4.29. The minimum Gasteiger partial charge on any atom is -0.381 e. The largest absolute Gasteiger partial charge is 0.381 e. The smallest absolute Gasteiger partial charge is 0.253 e. The monoisotopic (exact) mass is 313 g/mol. The number of carbonyl (C=O) groups is 1. The van der Waals surface area contributed by atoms with E-state index in [2.05, 4.69) is 25.6 Å². The first-order chi connectivity index (χ1) is 11.3. The van der Waals surface area contributed by atoms with Crippen molar-refractivity contribution in [2.45, 2.75) is 25.3 Å². The van der Waals surface area contributed by atoms with Gasteiger partial charge in [-0.1, -0.05) is 0 Å². The van der Waals surface area contributed by atoms with E-state index in [1.165, 1.54) is 0 Å². The van der Waals surface area contributed by atoms with E-state index in [1.54, 1.807) is 6.20 Å². The lowest BCUT2D eigenvalue weighted by molar-refractivity contribution is 0.0903. The second-order valence-electron chi connectivity index (χ2n) is 5.88. The maximum absolute atomic E-state index is 11.9. The summed E-state index contributed by atoms with van der Waals surface area (Å²) in [6, 6.07) is 4.07. The summed E-state index contributed by atoms with van der Waals surface area (Å²) < 4.78 is 5.36. The van der Waals surface area contributed by atoms with Crippen LogP contribution >= 0.6 is 0 Å². The maximum Gasteiger partial charge on any atom is 0.253 e. The molecule has 3 N–H and O–H groups in total. The number of nitrogens with one attached hydrogen (secondary N) is 3. The standard InChI is InChI=1S/C16H19N5O2/c22-15-11-9-14(20-12(11)1-5-17-15)13-2-6-18-16(21-13)19-10-3-7-23-8-4-10/h2,6,9-10,20H,1,3-5,7-8H2,(H,17,22)(H,18,19,21). The van der Waals surface area contributed by atoms with E-state index in [1.807, 2.05) is 12.1 Å². The first kappa shape index (κ1) is 14.2. The minimum atomic E-state index is -0.0247. The maximum atomic E-state index is 11.9. The molecule has 1 amide bonds. The lowest BCUT2D eigenvalue weighted by Crippen LogP contribution is -2.31. The molecule has 7 nitrogen and oxygen atoms in total. The van der Waals surface area contributed by atoms with Crippen molar-refractivity contribution < 1.29 is 9.53 Å². The van der Waals surface area contributed by atoms with Gasteiger partial charge in [0.25, 0.3) is 5.91 Å². The normalized spacial score (nSPS) is 18.3. The van der Waals surface area contributed by atoms with Crippen molar-refractivity contribution in [3.63, 3.8) is 0 Å². The van der Waals surface area contributed by atoms with Crippen LogP contribution in [0.15, 0.2) is 18.3 Å². The molecule has 7 heteroatoms. The molecule has 1 fully saturated rings. The molecule has 0 atom stereocenters. The first-order valence-corrected chi connectivity index (χ1v) is 7.97. The molecule has 2 aliphatic rings. The molecule has 120 valence electrons. The zero-order valence-electron chi connectivity index (χ0n) is 12.8. The molecule has 2 aliphatic heterocycles. The highest BCUT2D eigenvalue weighted by Gasteiger charge is 2.21. The van der Waals surface area contributed by atoms with Gasteiger partial charge in [-0.2, -0.15) is 0 Å². The number of nitrogens with zero attached hydrogens (tertiary/aromatic N) is 2. The first-order valence-electron chi connectivity index (χ1n) is 7.97. The van der Waals surface area contributed by atoms with Crippen LogP contribution in [0.1, 0.15) is 28.9 Å². The number of aromatic amines is 1. The van der Waals surface area contributed by atoms with Gasteiger partial charge in [0.1, 0.15) is 0 Å². The summed E-state index contributed by atoms with van der Waals surface area (Å²) in [6.45, 7) is 2.22. The van der Waals surface area contributed by atoms with Gasteiger partial charge in [0.05, 0.1) is 17.0 Å². The fourth-order valence-corrected chi connectivity index (χ4v) is 3.03. The topological polar surface area (TPSA) is 91.9 Å². The van der Waals surface area contributed by atoms with Crippen LogP contribution in [-0.4, -0.2) is 46.7 Å². The predicted octanol–water partition coefficient (Wildman–Crippen LogP) is 1.35. The molecule has 0 saturated carbocycles. The average Bonchev–Trinajstić information content (AvgIpc) is 3.02. The minimum absolute atomic E-state index is 0.0247. The lowest BCUT2D eigenvalue weighted by Gasteiger charge is -2.23. The summed E-state index contributed by atoms with van der Waals surface area (Å²) in [6.07, 6.45) is 4.48. The number of fused-ring (bicyclic) bond motifs is 1. The van der Waals surface area contributed by atoms with Crippen molar-refractivity contribution in [1.82, 2.24) is 20.3 Å². The van der Waals surface area contributed by atoms with Crippen molar-refractivity contribution in [2.75, 3.05) is 25.1 Å². The molecular weight excluding hydrogens is 294 g/mol. The van der Waals surface area contributed by atoms with Gasteiger partial charge in [-0.15, -0.1) is 0 Å². The van der Waals surface area contributed by atoms with Crippen LogP contribution in [-0.2, 0) is 11.2 Å². The van der Waals surface area contributed by atoms with Crippen molar-refractivity contribution >= 4 is 11.9 Å². The summed E-state index contributed by atoms with van der Waals surface area (Å²) in [7, 11) is 0. The van der Waals surface area contributed by atoms with E-state index in [0.29, 0.717) is 24.1 Å². The Morgan fingerprint density at radius 3 is 3.00 bits per heavy atom. The molecular formula is C16H19N5O2. The third-order valence-corrected chi connectivity index (χ3v) is 4.29. The Morgan fingerprint density at radius 1 is 1.30 bits per heavy atom. The molecule has 2 aromatic heterocycles. The number of ether oxygens (including phenoxy) is 1. The molecule has 2 aromatic rings. The highest BCUT2D eigenvalue weighted by molar-refractivity contribution is 5.97. The Morgan fingerprint density at radius 2 is 2.17 bits per heavy atom. The average molecular weight is 313 g/mol. The molecule has 4 heterocycles. The van der Waals surface area contributed by atoms with Crippen LogP contribution < -0.4 is 10.6 Å². The molecule has 0 unspecified atom stereocenters. The second-order valence-corrected chi connectivity index (χ2v) is 5.88. The number of aromatic nitrogens is 3. The van der Waals surface area contributed by atoms with Gasteiger partial charge in [0.15, 0.2) is 0 Å².